The van der Waals surface area contributed by atoms with Crippen molar-refractivity contribution < 1.29 is 14.3 Å². The van der Waals surface area contributed by atoms with Crippen LogP contribution in [0.5, 0.6) is 0 Å². The minimum absolute atomic E-state index is 0.446. The normalized spacial score (nSPS) is 11.6. The van der Waals surface area contributed by atoms with E-state index >= 15 is 0 Å². The lowest BCUT2D eigenvalue weighted by Gasteiger charge is -2.15. The van der Waals surface area contributed by atoms with Crippen molar-refractivity contribution in [2.24, 2.45) is 0 Å². The van der Waals surface area contributed by atoms with Gasteiger partial charge in [0.15, 0.2) is 4.67 Å². The number of carbonyl (C=O) groups is 1. The molecule has 0 aliphatic carbocycles. The Morgan fingerprint density at radius 1 is 1.58 bits per heavy atom. The molecule has 1 aromatic rings. The largest absolute Gasteiger partial charge is 0.481 e. The molecule has 3 nitrogen and oxygen atoms in total. The van der Waals surface area contributed by atoms with Crippen molar-refractivity contribution in [1.29, 1.82) is 0 Å². The first-order chi connectivity index (χ1) is 5.44. The number of carboxylic acids is 1. The van der Waals surface area contributed by atoms with E-state index < -0.39 is 11.4 Å². The van der Waals surface area contributed by atoms with Crippen molar-refractivity contribution >= 4 is 21.9 Å². The quantitative estimate of drug-likeness (QED) is 0.853. The van der Waals surface area contributed by atoms with E-state index in [2.05, 4.69) is 15.9 Å². The van der Waals surface area contributed by atoms with Gasteiger partial charge in [-0.3, -0.25) is 4.79 Å². The van der Waals surface area contributed by atoms with Gasteiger partial charge >= 0.3 is 5.97 Å². The van der Waals surface area contributed by atoms with E-state index in [4.69, 9.17) is 9.52 Å². The molecule has 66 valence electrons. The molecule has 0 atom stereocenters. The lowest BCUT2D eigenvalue weighted by atomic mass is 9.91. The fourth-order valence-corrected chi connectivity index (χ4v) is 1.06. The van der Waals surface area contributed by atoms with Gasteiger partial charge in [-0.05, 0) is 41.9 Å². The maximum Gasteiger partial charge on any atom is 0.316 e. The van der Waals surface area contributed by atoms with Gasteiger partial charge in [0.1, 0.15) is 11.2 Å². The Labute approximate surface area is 78.5 Å². The van der Waals surface area contributed by atoms with Crippen LogP contribution in [0.25, 0.3) is 0 Å². The smallest absolute Gasteiger partial charge is 0.316 e. The Balaban J connectivity index is 3.05. The molecule has 1 N–H and O–H groups in total. The van der Waals surface area contributed by atoms with Gasteiger partial charge < -0.3 is 9.52 Å². The summed E-state index contributed by atoms with van der Waals surface area (Å²) in [4.78, 5) is 10.8. The van der Waals surface area contributed by atoms with Crippen LogP contribution in [0.1, 0.15) is 19.6 Å². The highest BCUT2D eigenvalue weighted by atomic mass is 79.9. The van der Waals surface area contributed by atoms with Gasteiger partial charge in [0.25, 0.3) is 0 Å². The molecule has 0 amide bonds. The first kappa shape index (κ1) is 9.32. The number of carboxylic acid groups (broad SMARTS) is 1. The summed E-state index contributed by atoms with van der Waals surface area (Å²) in [5.41, 5.74) is -0.966. The minimum atomic E-state index is -0.966. The first-order valence-corrected chi connectivity index (χ1v) is 4.23. The molecular formula is C8H9BrO3. The molecule has 0 unspecified atom stereocenters. The van der Waals surface area contributed by atoms with E-state index in [0.29, 0.717) is 10.4 Å². The maximum absolute atomic E-state index is 10.8. The van der Waals surface area contributed by atoms with Crippen LogP contribution in [-0.4, -0.2) is 11.1 Å². The van der Waals surface area contributed by atoms with Crippen LogP contribution in [0.4, 0.5) is 0 Å². The van der Waals surface area contributed by atoms with Crippen LogP contribution in [0.15, 0.2) is 21.2 Å². The van der Waals surface area contributed by atoms with E-state index in [-0.39, 0.29) is 0 Å². The van der Waals surface area contributed by atoms with Gasteiger partial charge in [0, 0.05) is 0 Å². The van der Waals surface area contributed by atoms with E-state index in [9.17, 15) is 4.79 Å². The van der Waals surface area contributed by atoms with Crippen molar-refractivity contribution in [3.63, 3.8) is 0 Å². The summed E-state index contributed by atoms with van der Waals surface area (Å²) >= 11 is 3.11. The maximum atomic E-state index is 10.8. The Bertz CT molecular complexity index is 301. The molecule has 0 aliphatic rings. The third kappa shape index (κ3) is 1.53. The van der Waals surface area contributed by atoms with Crippen LogP contribution in [0.2, 0.25) is 0 Å². The van der Waals surface area contributed by atoms with Gasteiger partial charge in [-0.25, -0.2) is 0 Å². The van der Waals surface area contributed by atoms with Crippen molar-refractivity contribution in [3.8, 4) is 0 Å². The van der Waals surface area contributed by atoms with E-state index in [1.807, 2.05) is 0 Å². The summed E-state index contributed by atoms with van der Waals surface area (Å²) in [7, 11) is 0. The second-order valence-electron chi connectivity index (χ2n) is 3.03. The van der Waals surface area contributed by atoms with Gasteiger partial charge in [0.2, 0.25) is 0 Å². The van der Waals surface area contributed by atoms with E-state index in [1.54, 1.807) is 26.0 Å². The molecule has 1 aromatic heterocycles. The summed E-state index contributed by atoms with van der Waals surface area (Å²) in [6, 6.07) is 3.33. The topological polar surface area (TPSA) is 50.4 Å². The van der Waals surface area contributed by atoms with Crippen LogP contribution < -0.4 is 0 Å². The van der Waals surface area contributed by atoms with Gasteiger partial charge in [0.05, 0.1) is 0 Å². The standard InChI is InChI=1S/C8H9BrO3/c1-8(2,7(10)11)5-3-4-6(9)12-5/h3-4H,1-2H3,(H,10,11). The third-order valence-corrected chi connectivity index (χ3v) is 2.15. The number of hydrogen-bond acceptors (Lipinski definition) is 2. The summed E-state index contributed by atoms with van der Waals surface area (Å²) in [5.74, 6) is -0.453. The zero-order valence-corrected chi connectivity index (χ0v) is 8.38. The summed E-state index contributed by atoms with van der Waals surface area (Å²) < 4.78 is 5.69. The minimum Gasteiger partial charge on any atom is -0.481 e. The lowest BCUT2D eigenvalue weighted by Crippen LogP contribution is -2.27. The number of furan rings is 1. The summed E-state index contributed by atoms with van der Waals surface area (Å²) in [6.07, 6.45) is 0. The van der Waals surface area contributed by atoms with Crippen LogP contribution in [0, 0.1) is 0 Å². The molecule has 1 rings (SSSR count). The monoisotopic (exact) mass is 232 g/mol. The molecular weight excluding hydrogens is 224 g/mol. The highest BCUT2D eigenvalue weighted by Crippen LogP contribution is 2.27. The van der Waals surface area contributed by atoms with Crippen molar-refractivity contribution in [1.82, 2.24) is 0 Å². The Kier molecular flexibility index (Phi) is 2.28. The number of aliphatic carboxylic acids is 1. The molecule has 0 aromatic carbocycles. The molecule has 0 saturated heterocycles. The molecule has 0 spiro atoms. The highest BCUT2D eigenvalue weighted by molar-refractivity contribution is 9.10. The van der Waals surface area contributed by atoms with Crippen LogP contribution in [-0.2, 0) is 10.2 Å². The first-order valence-electron chi connectivity index (χ1n) is 3.44. The molecule has 0 saturated carbocycles. The Morgan fingerprint density at radius 3 is 2.50 bits per heavy atom. The zero-order valence-electron chi connectivity index (χ0n) is 6.80. The second-order valence-corrected chi connectivity index (χ2v) is 3.82. The number of hydrogen-bond donors (Lipinski definition) is 1. The van der Waals surface area contributed by atoms with Crippen LogP contribution in [0.3, 0.4) is 0 Å². The Morgan fingerprint density at radius 2 is 2.17 bits per heavy atom. The fourth-order valence-electron chi connectivity index (χ4n) is 0.756. The Hall–Kier alpha value is -0.770. The predicted molar refractivity (Wildman–Crippen MR) is 47.1 cm³/mol. The van der Waals surface area contributed by atoms with Gasteiger partial charge in [-0.15, -0.1) is 0 Å². The SMILES string of the molecule is CC(C)(C(=O)O)c1ccc(Br)o1. The van der Waals surface area contributed by atoms with E-state index in [0.717, 1.165) is 0 Å². The van der Waals surface area contributed by atoms with Crippen molar-refractivity contribution in [2.75, 3.05) is 0 Å². The fraction of sp³-hybridized carbons (Fsp3) is 0.375. The van der Waals surface area contributed by atoms with Crippen molar-refractivity contribution in [2.45, 2.75) is 19.3 Å². The lowest BCUT2D eigenvalue weighted by molar-refractivity contribution is -0.143. The molecule has 4 heteroatoms. The molecule has 0 bridgehead atoms. The average Bonchev–Trinajstić information content (AvgIpc) is 2.35. The van der Waals surface area contributed by atoms with E-state index in [1.165, 1.54) is 0 Å². The predicted octanol–water partition coefficient (Wildman–Crippen LogP) is 2.40. The molecule has 0 radical (unpaired) electrons. The molecule has 0 fully saturated rings. The average molecular weight is 233 g/mol. The number of halogens is 1. The van der Waals surface area contributed by atoms with Gasteiger partial charge in [-0.1, -0.05) is 0 Å². The molecule has 12 heavy (non-hydrogen) atoms. The van der Waals surface area contributed by atoms with Gasteiger partial charge in [-0.2, -0.15) is 0 Å². The summed E-state index contributed by atoms with van der Waals surface area (Å²) in [6.45, 7) is 3.20. The van der Waals surface area contributed by atoms with Crippen LogP contribution >= 0.6 is 15.9 Å². The number of rotatable bonds is 2. The highest BCUT2D eigenvalue weighted by Gasteiger charge is 2.32. The zero-order chi connectivity index (χ0) is 9.35. The molecule has 0 aliphatic heterocycles. The molecule has 1 heterocycles. The second kappa shape index (κ2) is 2.94. The van der Waals surface area contributed by atoms with Crippen molar-refractivity contribution in [3.05, 3.63) is 22.6 Å². The third-order valence-electron chi connectivity index (χ3n) is 1.72. The summed E-state index contributed by atoms with van der Waals surface area (Å²) in [5, 5.41) is 8.83.